The average Bonchev–Trinajstić information content (AvgIpc) is 2.36. The Morgan fingerprint density at radius 1 is 1.05 bits per heavy atom. The van der Waals surface area contributed by atoms with Crippen molar-refractivity contribution in [1.29, 1.82) is 0 Å². The van der Waals surface area contributed by atoms with E-state index in [1.54, 1.807) is 19.1 Å². The zero-order chi connectivity index (χ0) is 14.0. The van der Waals surface area contributed by atoms with Gasteiger partial charge in [0.1, 0.15) is 5.82 Å². The number of hydrogen-bond donors (Lipinski definition) is 1. The van der Waals surface area contributed by atoms with E-state index < -0.39 is 0 Å². The second-order valence-electron chi connectivity index (χ2n) is 4.66. The van der Waals surface area contributed by atoms with E-state index in [0.29, 0.717) is 16.8 Å². The number of aryl methyl sites for hydroxylation is 2. The van der Waals surface area contributed by atoms with Crippen LogP contribution in [0.4, 0.5) is 10.1 Å². The Morgan fingerprint density at radius 3 is 2.47 bits per heavy atom. The van der Waals surface area contributed by atoms with Crippen LogP contribution in [0.1, 0.15) is 27.0 Å². The molecule has 2 aromatic carbocycles. The lowest BCUT2D eigenvalue weighted by atomic mass is 10.0. The van der Waals surface area contributed by atoms with Crippen molar-refractivity contribution in [2.24, 2.45) is 0 Å². The van der Waals surface area contributed by atoms with Crippen LogP contribution in [0.5, 0.6) is 0 Å². The van der Waals surface area contributed by atoms with E-state index >= 15 is 0 Å². The number of benzene rings is 2. The maximum atomic E-state index is 13.0. The van der Waals surface area contributed by atoms with E-state index in [1.165, 1.54) is 12.1 Å². The largest absolute Gasteiger partial charge is 0.322 e. The van der Waals surface area contributed by atoms with Gasteiger partial charge < -0.3 is 5.32 Å². The number of anilines is 1. The number of carbonyl (C=O) groups is 1. The lowest BCUT2D eigenvalue weighted by molar-refractivity contribution is 0.102. The lowest BCUT2D eigenvalue weighted by Gasteiger charge is -2.11. The Morgan fingerprint density at radius 2 is 1.79 bits per heavy atom. The highest BCUT2D eigenvalue weighted by Gasteiger charge is 2.11. The normalized spacial score (nSPS) is 10.3. The van der Waals surface area contributed by atoms with Gasteiger partial charge in [0.05, 0.1) is 0 Å². The third-order valence-corrected chi connectivity index (χ3v) is 3.29. The first-order valence-electron chi connectivity index (χ1n) is 6.13. The first-order chi connectivity index (χ1) is 8.99. The molecule has 0 heterocycles. The van der Waals surface area contributed by atoms with E-state index in [4.69, 9.17) is 0 Å². The van der Waals surface area contributed by atoms with Gasteiger partial charge in [-0.3, -0.25) is 4.79 Å². The molecule has 0 aliphatic carbocycles. The van der Waals surface area contributed by atoms with Crippen molar-refractivity contribution in [2.45, 2.75) is 20.8 Å². The fourth-order valence-electron chi connectivity index (χ4n) is 1.95. The van der Waals surface area contributed by atoms with Crippen LogP contribution in [0.15, 0.2) is 36.4 Å². The zero-order valence-corrected chi connectivity index (χ0v) is 11.3. The Hall–Kier alpha value is -2.16. The van der Waals surface area contributed by atoms with Crippen LogP contribution in [-0.2, 0) is 0 Å². The van der Waals surface area contributed by atoms with Gasteiger partial charge in [-0.25, -0.2) is 4.39 Å². The summed E-state index contributed by atoms with van der Waals surface area (Å²) < 4.78 is 13.0. The number of carbonyl (C=O) groups excluding carboxylic acids is 1. The quantitative estimate of drug-likeness (QED) is 0.865. The topological polar surface area (TPSA) is 29.1 Å². The Bertz CT molecular complexity index is 635. The van der Waals surface area contributed by atoms with Gasteiger partial charge in [0.15, 0.2) is 0 Å². The molecule has 0 saturated carbocycles. The number of nitrogens with one attached hydrogen (secondary N) is 1. The van der Waals surface area contributed by atoms with Crippen LogP contribution >= 0.6 is 0 Å². The van der Waals surface area contributed by atoms with Gasteiger partial charge in [-0.05, 0) is 61.7 Å². The van der Waals surface area contributed by atoms with Gasteiger partial charge in [-0.15, -0.1) is 0 Å². The summed E-state index contributed by atoms with van der Waals surface area (Å²) in [4.78, 5) is 12.2. The molecule has 98 valence electrons. The minimum Gasteiger partial charge on any atom is -0.322 e. The van der Waals surface area contributed by atoms with Crippen LogP contribution in [0.3, 0.4) is 0 Å². The molecular weight excluding hydrogens is 241 g/mol. The molecule has 2 nitrogen and oxygen atoms in total. The van der Waals surface area contributed by atoms with Crippen molar-refractivity contribution in [1.82, 2.24) is 0 Å². The molecular formula is C16H16FNO. The summed E-state index contributed by atoms with van der Waals surface area (Å²) in [6, 6.07) is 9.93. The van der Waals surface area contributed by atoms with Crippen LogP contribution in [0.2, 0.25) is 0 Å². The zero-order valence-electron chi connectivity index (χ0n) is 11.3. The molecule has 0 radical (unpaired) electrons. The molecule has 0 aliphatic rings. The van der Waals surface area contributed by atoms with Gasteiger partial charge in [0.25, 0.3) is 5.91 Å². The Balaban J connectivity index is 2.28. The number of halogens is 1. The molecule has 0 atom stereocenters. The van der Waals surface area contributed by atoms with Crippen LogP contribution in [0.25, 0.3) is 0 Å². The molecule has 0 spiro atoms. The van der Waals surface area contributed by atoms with Crippen molar-refractivity contribution >= 4 is 11.6 Å². The van der Waals surface area contributed by atoms with Crippen molar-refractivity contribution in [2.75, 3.05) is 5.32 Å². The highest BCUT2D eigenvalue weighted by atomic mass is 19.1. The SMILES string of the molecule is Cc1cc(F)ccc1NC(=O)c1cccc(C)c1C. The second-order valence-corrected chi connectivity index (χ2v) is 4.66. The third-order valence-electron chi connectivity index (χ3n) is 3.29. The fourth-order valence-corrected chi connectivity index (χ4v) is 1.95. The molecule has 0 unspecified atom stereocenters. The van der Waals surface area contributed by atoms with Crippen LogP contribution in [-0.4, -0.2) is 5.91 Å². The molecule has 1 N–H and O–H groups in total. The molecule has 19 heavy (non-hydrogen) atoms. The second kappa shape index (κ2) is 5.22. The molecule has 1 amide bonds. The molecule has 0 fully saturated rings. The summed E-state index contributed by atoms with van der Waals surface area (Å²) in [6.07, 6.45) is 0. The smallest absolute Gasteiger partial charge is 0.255 e. The van der Waals surface area contributed by atoms with Crippen LogP contribution < -0.4 is 5.32 Å². The van der Waals surface area contributed by atoms with Gasteiger partial charge in [-0.1, -0.05) is 12.1 Å². The highest BCUT2D eigenvalue weighted by molar-refractivity contribution is 6.05. The van der Waals surface area contributed by atoms with Crippen molar-refractivity contribution in [3.8, 4) is 0 Å². The monoisotopic (exact) mass is 257 g/mol. The lowest BCUT2D eigenvalue weighted by Crippen LogP contribution is -2.14. The Kier molecular flexibility index (Phi) is 3.65. The minimum atomic E-state index is -0.303. The van der Waals surface area contributed by atoms with E-state index in [1.807, 2.05) is 26.0 Å². The maximum absolute atomic E-state index is 13.0. The first-order valence-corrected chi connectivity index (χ1v) is 6.13. The third kappa shape index (κ3) is 2.81. The number of amides is 1. The molecule has 0 saturated heterocycles. The predicted octanol–water partition coefficient (Wildman–Crippen LogP) is 4.00. The molecule has 3 heteroatoms. The van der Waals surface area contributed by atoms with Crippen LogP contribution in [0, 0.1) is 26.6 Å². The fraction of sp³-hybridized carbons (Fsp3) is 0.188. The first kappa shape index (κ1) is 13.3. The van der Waals surface area contributed by atoms with E-state index in [2.05, 4.69) is 5.32 Å². The molecule has 0 aromatic heterocycles. The number of hydrogen-bond acceptors (Lipinski definition) is 1. The predicted molar refractivity (Wildman–Crippen MR) is 75.0 cm³/mol. The molecule has 2 rings (SSSR count). The van der Waals surface area contributed by atoms with Crippen molar-refractivity contribution in [3.05, 3.63) is 64.5 Å². The summed E-state index contributed by atoms with van der Waals surface area (Å²) in [7, 11) is 0. The van der Waals surface area contributed by atoms with Crippen molar-refractivity contribution in [3.63, 3.8) is 0 Å². The van der Waals surface area contributed by atoms with E-state index in [9.17, 15) is 9.18 Å². The molecule has 0 aliphatic heterocycles. The average molecular weight is 257 g/mol. The Labute approximate surface area is 112 Å². The minimum absolute atomic E-state index is 0.170. The summed E-state index contributed by atoms with van der Waals surface area (Å²) >= 11 is 0. The summed E-state index contributed by atoms with van der Waals surface area (Å²) in [5.41, 5.74) is 4.01. The molecule has 2 aromatic rings. The van der Waals surface area contributed by atoms with Gasteiger partial charge in [-0.2, -0.15) is 0 Å². The van der Waals surface area contributed by atoms with Gasteiger partial charge >= 0.3 is 0 Å². The summed E-state index contributed by atoms with van der Waals surface area (Å²) in [5, 5.41) is 2.82. The highest BCUT2D eigenvalue weighted by Crippen LogP contribution is 2.19. The number of rotatable bonds is 2. The van der Waals surface area contributed by atoms with E-state index in [0.717, 1.165) is 11.1 Å². The standard InChI is InChI=1S/C16H16FNO/c1-10-5-4-6-14(12(10)3)16(19)18-15-8-7-13(17)9-11(15)2/h4-9H,1-3H3,(H,18,19). The summed E-state index contributed by atoms with van der Waals surface area (Å²) in [6.45, 7) is 5.65. The van der Waals surface area contributed by atoms with Crippen molar-refractivity contribution < 1.29 is 9.18 Å². The van der Waals surface area contributed by atoms with Gasteiger partial charge in [0, 0.05) is 11.3 Å². The maximum Gasteiger partial charge on any atom is 0.255 e. The van der Waals surface area contributed by atoms with Gasteiger partial charge in [0.2, 0.25) is 0 Å². The summed E-state index contributed by atoms with van der Waals surface area (Å²) in [5.74, 6) is -0.474. The molecule has 0 bridgehead atoms. The van der Waals surface area contributed by atoms with E-state index in [-0.39, 0.29) is 11.7 Å².